The third kappa shape index (κ3) is 6.25. The summed E-state index contributed by atoms with van der Waals surface area (Å²) in [5.74, 6) is 1.98. The number of thioether (sulfide) groups is 1. The summed E-state index contributed by atoms with van der Waals surface area (Å²) < 4.78 is 5.71. The van der Waals surface area contributed by atoms with Crippen LogP contribution in [0.2, 0.25) is 0 Å². The number of nitrogens with one attached hydrogen (secondary N) is 2. The summed E-state index contributed by atoms with van der Waals surface area (Å²) in [7, 11) is 0. The minimum atomic E-state index is -0.0205. The van der Waals surface area contributed by atoms with Gasteiger partial charge >= 0.3 is 0 Å². The van der Waals surface area contributed by atoms with Gasteiger partial charge in [-0.15, -0.1) is 11.3 Å². The highest BCUT2D eigenvalue weighted by Gasteiger charge is 2.19. The Kier molecular flexibility index (Phi) is 8.22. The number of hydrogen-bond donors (Lipinski definition) is 2. The first-order chi connectivity index (χ1) is 16.0. The minimum Gasteiger partial charge on any atom is -0.374 e. The van der Waals surface area contributed by atoms with E-state index >= 15 is 0 Å². The predicted molar refractivity (Wildman–Crippen MR) is 136 cm³/mol. The van der Waals surface area contributed by atoms with Crippen molar-refractivity contribution in [1.82, 2.24) is 15.3 Å². The molecule has 8 heteroatoms. The summed E-state index contributed by atoms with van der Waals surface area (Å²) in [6.07, 6.45) is 4.98. The number of amides is 1. The second-order valence-electron chi connectivity index (χ2n) is 8.61. The molecule has 6 nitrogen and oxygen atoms in total. The lowest BCUT2D eigenvalue weighted by atomic mass is 9.97. The number of rotatable bonds is 10. The highest BCUT2D eigenvalue weighted by atomic mass is 32.2. The van der Waals surface area contributed by atoms with Crippen molar-refractivity contribution in [2.75, 3.05) is 5.75 Å². The third-order valence-corrected chi connectivity index (χ3v) is 7.91. The van der Waals surface area contributed by atoms with E-state index in [2.05, 4.69) is 10.3 Å². The van der Waals surface area contributed by atoms with Gasteiger partial charge in [0.1, 0.15) is 10.7 Å². The standard InChI is InChI=1S/C25H31N3O3S2/c1-16(2)31-14-18-8-4-3-7-17(18)13-26-22(29)11-12-32-15-21-27-24(30)23-19-9-5-6-10-20(19)33-25(23)28-21/h3-4,7-8,16H,5-6,9-15H2,1-2H3,(H,26,29)(H,27,28,30). The topological polar surface area (TPSA) is 84.1 Å². The van der Waals surface area contributed by atoms with E-state index in [1.165, 1.54) is 16.9 Å². The van der Waals surface area contributed by atoms with E-state index in [-0.39, 0.29) is 17.6 Å². The number of benzene rings is 1. The Labute approximate surface area is 202 Å². The second kappa shape index (κ2) is 11.3. The van der Waals surface area contributed by atoms with E-state index < -0.39 is 0 Å². The van der Waals surface area contributed by atoms with Crippen molar-refractivity contribution in [2.24, 2.45) is 0 Å². The molecule has 33 heavy (non-hydrogen) atoms. The zero-order valence-corrected chi connectivity index (χ0v) is 20.9. The number of carbonyl (C=O) groups is 1. The zero-order valence-electron chi connectivity index (χ0n) is 19.2. The van der Waals surface area contributed by atoms with E-state index in [1.807, 2.05) is 38.1 Å². The fourth-order valence-corrected chi connectivity index (χ4v) is 6.10. The van der Waals surface area contributed by atoms with Crippen LogP contribution in [0.25, 0.3) is 10.2 Å². The van der Waals surface area contributed by atoms with Crippen molar-refractivity contribution in [3.05, 3.63) is 62.0 Å². The monoisotopic (exact) mass is 485 g/mol. The molecule has 1 amide bonds. The number of fused-ring (bicyclic) bond motifs is 3. The molecular formula is C25H31N3O3S2. The first-order valence-electron chi connectivity index (χ1n) is 11.6. The maximum Gasteiger partial charge on any atom is 0.259 e. The number of aromatic nitrogens is 2. The van der Waals surface area contributed by atoms with Crippen LogP contribution in [-0.4, -0.2) is 27.7 Å². The molecule has 0 aliphatic heterocycles. The second-order valence-corrected chi connectivity index (χ2v) is 10.8. The predicted octanol–water partition coefficient (Wildman–Crippen LogP) is 4.73. The summed E-state index contributed by atoms with van der Waals surface area (Å²) in [4.78, 5) is 34.8. The van der Waals surface area contributed by atoms with Gasteiger partial charge in [-0.3, -0.25) is 9.59 Å². The largest absolute Gasteiger partial charge is 0.374 e. The molecule has 1 aliphatic rings. The lowest BCUT2D eigenvalue weighted by Gasteiger charge is -2.13. The van der Waals surface area contributed by atoms with Crippen molar-refractivity contribution in [2.45, 2.75) is 71.0 Å². The molecule has 0 spiro atoms. The molecular weight excluding hydrogens is 454 g/mol. The first kappa shape index (κ1) is 24.0. The summed E-state index contributed by atoms with van der Waals surface area (Å²) in [5, 5.41) is 3.80. The van der Waals surface area contributed by atoms with Crippen LogP contribution in [0.5, 0.6) is 0 Å². The molecule has 4 rings (SSSR count). The molecule has 0 atom stereocenters. The van der Waals surface area contributed by atoms with Crippen molar-refractivity contribution in [3.63, 3.8) is 0 Å². The van der Waals surface area contributed by atoms with Crippen LogP contribution in [-0.2, 0) is 41.3 Å². The molecule has 1 aliphatic carbocycles. The molecule has 2 heterocycles. The maximum atomic E-state index is 12.6. The van der Waals surface area contributed by atoms with E-state index in [9.17, 15) is 9.59 Å². The van der Waals surface area contributed by atoms with Crippen LogP contribution in [0.4, 0.5) is 0 Å². The van der Waals surface area contributed by atoms with Crippen LogP contribution < -0.4 is 10.9 Å². The van der Waals surface area contributed by atoms with Gasteiger partial charge in [-0.05, 0) is 56.2 Å². The van der Waals surface area contributed by atoms with Crippen molar-refractivity contribution in [3.8, 4) is 0 Å². The molecule has 176 valence electrons. The van der Waals surface area contributed by atoms with E-state index in [4.69, 9.17) is 9.72 Å². The van der Waals surface area contributed by atoms with Crippen LogP contribution in [0.15, 0.2) is 29.1 Å². The average Bonchev–Trinajstić information content (AvgIpc) is 3.18. The normalized spacial score (nSPS) is 13.4. The average molecular weight is 486 g/mol. The molecule has 0 radical (unpaired) electrons. The molecule has 1 aromatic carbocycles. The van der Waals surface area contributed by atoms with Crippen LogP contribution in [0.1, 0.15) is 60.5 Å². The maximum absolute atomic E-state index is 12.6. The van der Waals surface area contributed by atoms with E-state index in [0.29, 0.717) is 36.9 Å². The molecule has 2 N–H and O–H groups in total. The fourth-order valence-electron chi connectivity index (χ4n) is 4.02. The Morgan fingerprint density at radius 2 is 2.03 bits per heavy atom. The number of thiophene rings is 1. The molecule has 2 aromatic heterocycles. The van der Waals surface area contributed by atoms with Crippen LogP contribution >= 0.6 is 23.1 Å². The third-order valence-electron chi connectivity index (χ3n) is 5.75. The minimum absolute atomic E-state index is 0.0184. The van der Waals surface area contributed by atoms with E-state index in [1.54, 1.807) is 23.1 Å². The lowest BCUT2D eigenvalue weighted by Crippen LogP contribution is -2.23. The Bertz CT molecular complexity index is 1170. The smallest absolute Gasteiger partial charge is 0.259 e. The van der Waals surface area contributed by atoms with Gasteiger partial charge in [-0.25, -0.2) is 4.98 Å². The molecule has 3 aromatic rings. The Morgan fingerprint density at radius 3 is 2.85 bits per heavy atom. The van der Waals surface area contributed by atoms with Gasteiger partial charge in [-0.1, -0.05) is 24.3 Å². The summed E-state index contributed by atoms with van der Waals surface area (Å²) in [5.41, 5.74) is 3.37. The highest BCUT2D eigenvalue weighted by Crippen LogP contribution is 2.33. The Hall–Kier alpha value is -2.16. The van der Waals surface area contributed by atoms with Gasteiger partial charge in [0, 0.05) is 23.6 Å². The number of ether oxygens (including phenoxy) is 1. The Morgan fingerprint density at radius 1 is 1.24 bits per heavy atom. The number of nitrogens with zero attached hydrogens (tertiary/aromatic N) is 1. The molecule has 0 unspecified atom stereocenters. The van der Waals surface area contributed by atoms with Gasteiger partial charge in [0.25, 0.3) is 5.56 Å². The number of H-pyrrole nitrogens is 1. The summed E-state index contributed by atoms with van der Waals surface area (Å²) in [6, 6.07) is 8.02. The van der Waals surface area contributed by atoms with Gasteiger partial charge in [0.2, 0.25) is 5.91 Å². The number of aryl methyl sites for hydroxylation is 2. The SMILES string of the molecule is CC(C)OCc1ccccc1CNC(=O)CCSCc1nc2sc3c(c2c(=O)[nH]1)CCCC3. The lowest BCUT2D eigenvalue weighted by molar-refractivity contribution is -0.120. The Balaban J connectivity index is 1.25. The molecule has 0 fully saturated rings. The highest BCUT2D eigenvalue weighted by molar-refractivity contribution is 7.98. The quantitative estimate of drug-likeness (QED) is 0.406. The van der Waals surface area contributed by atoms with Gasteiger partial charge in [0.05, 0.1) is 23.8 Å². The molecule has 0 bridgehead atoms. The van der Waals surface area contributed by atoms with Gasteiger partial charge in [0.15, 0.2) is 0 Å². The van der Waals surface area contributed by atoms with Crippen LogP contribution in [0.3, 0.4) is 0 Å². The summed E-state index contributed by atoms with van der Waals surface area (Å²) >= 11 is 3.28. The van der Waals surface area contributed by atoms with Crippen LogP contribution in [0, 0.1) is 0 Å². The van der Waals surface area contributed by atoms with Gasteiger partial charge in [-0.2, -0.15) is 11.8 Å². The van der Waals surface area contributed by atoms with Crippen molar-refractivity contribution < 1.29 is 9.53 Å². The fraction of sp³-hybridized carbons (Fsp3) is 0.480. The first-order valence-corrected chi connectivity index (χ1v) is 13.5. The van der Waals surface area contributed by atoms with Gasteiger partial charge < -0.3 is 15.0 Å². The van der Waals surface area contributed by atoms with Crippen molar-refractivity contribution in [1.29, 1.82) is 0 Å². The number of aromatic amines is 1. The van der Waals surface area contributed by atoms with Crippen molar-refractivity contribution >= 4 is 39.2 Å². The molecule has 0 saturated heterocycles. The van der Waals surface area contributed by atoms with E-state index in [0.717, 1.165) is 40.6 Å². The number of carbonyl (C=O) groups excluding carboxylic acids is 1. The number of hydrogen-bond acceptors (Lipinski definition) is 6. The molecule has 0 saturated carbocycles. The summed E-state index contributed by atoms with van der Waals surface area (Å²) in [6.45, 7) is 5.07. The zero-order chi connectivity index (χ0) is 23.2.